The van der Waals surface area contributed by atoms with Crippen molar-refractivity contribution in [1.29, 1.82) is 0 Å². The number of anilines is 1. The van der Waals surface area contributed by atoms with Crippen LogP contribution in [0.1, 0.15) is 11.1 Å². The number of pyridine rings is 1. The van der Waals surface area contributed by atoms with Gasteiger partial charge in [0.15, 0.2) is 0 Å². The van der Waals surface area contributed by atoms with Gasteiger partial charge in [-0.05, 0) is 30.7 Å². The van der Waals surface area contributed by atoms with Gasteiger partial charge in [-0.3, -0.25) is 9.67 Å². The molecule has 2 N–H and O–H groups in total. The molecular formula is C18H19N5O. The van der Waals surface area contributed by atoms with Gasteiger partial charge in [-0.15, -0.1) is 0 Å². The molecule has 0 fully saturated rings. The van der Waals surface area contributed by atoms with Crippen molar-refractivity contribution in [1.82, 2.24) is 20.1 Å². The lowest BCUT2D eigenvalue weighted by Crippen LogP contribution is -2.28. The largest absolute Gasteiger partial charge is 0.334 e. The van der Waals surface area contributed by atoms with Crippen molar-refractivity contribution in [2.24, 2.45) is 7.05 Å². The summed E-state index contributed by atoms with van der Waals surface area (Å²) in [6, 6.07) is 11.2. The maximum absolute atomic E-state index is 12.1. The van der Waals surface area contributed by atoms with Gasteiger partial charge < -0.3 is 10.6 Å². The molecule has 6 heteroatoms. The van der Waals surface area contributed by atoms with Gasteiger partial charge in [0, 0.05) is 37.2 Å². The molecule has 2 heterocycles. The number of aryl methyl sites for hydroxylation is 2. The lowest BCUT2D eigenvalue weighted by Gasteiger charge is -2.10. The second kappa shape index (κ2) is 6.95. The van der Waals surface area contributed by atoms with Crippen LogP contribution in [0.15, 0.2) is 55.0 Å². The lowest BCUT2D eigenvalue weighted by atomic mass is 10.1. The van der Waals surface area contributed by atoms with Crippen molar-refractivity contribution < 1.29 is 4.79 Å². The molecule has 0 saturated heterocycles. The first-order valence-electron chi connectivity index (χ1n) is 7.66. The third-order valence-corrected chi connectivity index (χ3v) is 3.62. The fourth-order valence-corrected chi connectivity index (χ4v) is 2.37. The van der Waals surface area contributed by atoms with E-state index in [2.05, 4.69) is 20.7 Å². The summed E-state index contributed by atoms with van der Waals surface area (Å²) in [7, 11) is 1.86. The molecule has 0 aliphatic rings. The summed E-state index contributed by atoms with van der Waals surface area (Å²) in [5.74, 6) is 0. The molecule has 1 aromatic carbocycles. The number of nitrogens with one attached hydrogen (secondary N) is 2. The Morgan fingerprint density at radius 3 is 2.71 bits per heavy atom. The van der Waals surface area contributed by atoms with Crippen LogP contribution >= 0.6 is 0 Å². The van der Waals surface area contributed by atoms with Crippen LogP contribution in [0.5, 0.6) is 0 Å². The Morgan fingerprint density at radius 2 is 2.00 bits per heavy atom. The first-order valence-corrected chi connectivity index (χ1v) is 7.66. The van der Waals surface area contributed by atoms with Crippen LogP contribution in [0.4, 0.5) is 10.5 Å². The molecule has 24 heavy (non-hydrogen) atoms. The Labute approximate surface area is 140 Å². The van der Waals surface area contributed by atoms with E-state index in [1.54, 1.807) is 17.1 Å². The lowest BCUT2D eigenvalue weighted by molar-refractivity contribution is 0.252. The number of urea groups is 1. The predicted octanol–water partition coefficient (Wildman–Crippen LogP) is 3.11. The highest BCUT2D eigenvalue weighted by molar-refractivity contribution is 5.89. The van der Waals surface area contributed by atoms with E-state index in [4.69, 9.17) is 0 Å². The fraction of sp³-hybridized carbons (Fsp3) is 0.167. The number of nitrogens with zero attached hydrogens (tertiary/aromatic N) is 3. The normalized spacial score (nSPS) is 10.4. The molecule has 0 bridgehead atoms. The average Bonchev–Trinajstić information content (AvgIpc) is 3.02. The maximum atomic E-state index is 12.1. The minimum atomic E-state index is -0.250. The minimum Gasteiger partial charge on any atom is -0.334 e. The number of carbonyl (C=O) groups excluding carboxylic acids is 1. The quantitative estimate of drug-likeness (QED) is 0.775. The molecule has 0 spiro atoms. The van der Waals surface area contributed by atoms with E-state index in [-0.39, 0.29) is 6.03 Å². The number of carbonyl (C=O) groups is 1. The zero-order valence-corrected chi connectivity index (χ0v) is 13.7. The van der Waals surface area contributed by atoms with Gasteiger partial charge >= 0.3 is 6.03 Å². The van der Waals surface area contributed by atoms with Crippen molar-refractivity contribution >= 4 is 11.7 Å². The summed E-state index contributed by atoms with van der Waals surface area (Å²) in [6.45, 7) is 2.39. The van der Waals surface area contributed by atoms with Crippen LogP contribution < -0.4 is 10.6 Å². The summed E-state index contributed by atoms with van der Waals surface area (Å²) in [5, 5.41) is 9.85. The van der Waals surface area contributed by atoms with E-state index in [0.29, 0.717) is 6.54 Å². The Morgan fingerprint density at radius 1 is 1.21 bits per heavy atom. The summed E-state index contributed by atoms with van der Waals surface area (Å²) >= 11 is 0. The van der Waals surface area contributed by atoms with E-state index >= 15 is 0 Å². The first-order chi connectivity index (χ1) is 11.6. The van der Waals surface area contributed by atoms with Gasteiger partial charge in [-0.2, -0.15) is 5.10 Å². The molecule has 3 rings (SSSR count). The highest BCUT2D eigenvalue weighted by Gasteiger charge is 2.09. The van der Waals surface area contributed by atoms with Crippen LogP contribution in [0.25, 0.3) is 11.3 Å². The predicted molar refractivity (Wildman–Crippen MR) is 93.5 cm³/mol. The summed E-state index contributed by atoms with van der Waals surface area (Å²) in [6.07, 6.45) is 5.40. The fourth-order valence-electron chi connectivity index (χ4n) is 2.37. The van der Waals surface area contributed by atoms with Crippen LogP contribution in [0.3, 0.4) is 0 Å². The molecule has 0 saturated carbocycles. The van der Waals surface area contributed by atoms with Gasteiger partial charge in [0.25, 0.3) is 0 Å². The highest BCUT2D eigenvalue weighted by atomic mass is 16.2. The molecule has 6 nitrogen and oxygen atoms in total. The Hall–Kier alpha value is -3.15. The van der Waals surface area contributed by atoms with Crippen LogP contribution in [-0.2, 0) is 13.6 Å². The van der Waals surface area contributed by atoms with E-state index < -0.39 is 0 Å². The van der Waals surface area contributed by atoms with Crippen molar-refractivity contribution in [3.05, 3.63) is 66.1 Å². The van der Waals surface area contributed by atoms with E-state index in [1.165, 1.54) is 0 Å². The number of aromatic nitrogens is 3. The molecular weight excluding hydrogens is 302 g/mol. The topological polar surface area (TPSA) is 71.8 Å². The average molecular weight is 321 g/mol. The monoisotopic (exact) mass is 321 g/mol. The summed E-state index contributed by atoms with van der Waals surface area (Å²) < 4.78 is 1.73. The molecule has 0 unspecified atom stereocenters. The van der Waals surface area contributed by atoms with Crippen LogP contribution in [-0.4, -0.2) is 20.8 Å². The summed E-state index contributed by atoms with van der Waals surface area (Å²) in [4.78, 5) is 16.5. The van der Waals surface area contributed by atoms with Gasteiger partial charge in [-0.1, -0.05) is 23.8 Å². The molecule has 122 valence electrons. The van der Waals surface area contributed by atoms with E-state index in [9.17, 15) is 4.79 Å². The number of hydrogen-bond acceptors (Lipinski definition) is 3. The Kier molecular flexibility index (Phi) is 4.56. The molecule has 0 radical (unpaired) electrons. The first kappa shape index (κ1) is 15.7. The van der Waals surface area contributed by atoms with E-state index in [0.717, 1.165) is 28.1 Å². The van der Waals surface area contributed by atoms with Crippen LogP contribution in [0, 0.1) is 6.92 Å². The third kappa shape index (κ3) is 3.78. The molecule has 2 aromatic heterocycles. The Balaban J connectivity index is 1.66. The van der Waals surface area contributed by atoms with Gasteiger partial charge in [0.1, 0.15) is 0 Å². The van der Waals surface area contributed by atoms with Crippen molar-refractivity contribution in [3.8, 4) is 11.3 Å². The number of rotatable bonds is 4. The second-order valence-corrected chi connectivity index (χ2v) is 5.59. The van der Waals surface area contributed by atoms with E-state index in [1.807, 2.05) is 56.6 Å². The van der Waals surface area contributed by atoms with Crippen molar-refractivity contribution in [3.63, 3.8) is 0 Å². The SMILES string of the molecule is Cc1ccc(NC(=O)NCc2cccnc2-c2cnn(C)c2)cc1. The minimum absolute atomic E-state index is 0.250. The van der Waals surface area contributed by atoms with Crippen molar-refractivity contribution in [2.75, 3.05) is 5.32 Å². The molecule has 3 aromatic rings. The van der Waals surface area contributed by atoms with Gasteiger partial charge in [-0.25, -0.2) is 4.79 Å². The molecule has 0 aliphatic carbocycles. The third-order valence-electron chi connectivity index (χ3n) is 3.62. The second-order valence-electron chi connectivity index (χ2n) is 5.59. The smallest absolute Gasteiger partial charge is 0.319 e. The molecule has 2 amide bonds. The summed E-state index contributed by atoms with van der Waals surface area (Å²) in [5.41, 5.74) is 4.59. The number of benzene rings is 1. The number of hydrogen-bond donors (Lipinski definition) is 2. The maximum Gasteiger partial charge on any atom is 0.319 e. The van der Waals surface area contributed by atoms with Crippen LogP contribution in [0.2, 0.25) is 0 Å². The highest BCUT2D eigenvalue weighted by Crippen LogP contribution is 2.20. The van der Waals surface area contributed by atoms with Crippen molar-refractivity contribution in [2.45, 2.75) is 13.5 Å². The number of amides is 2. The zero-order chi connectivity index (χ0) is 16.9. The molecule has 0 aliphatic heterocycles. The zero-order valence-electron chi connectivity index (χ0n) is 13.7. The van der Waals surface area contributed by atoms with Gasteiger partial charge in [0.05, 0.1) is 11.9 Å². The van der Waals surface area contributed by atoms with Gasteiger partial charge in [0.2, 0.25) is 0 Å². The molecule has 0 atom stereocenters. The standard InChI is InChI=1S/C18H19N5O/c1-13-5-7-16(8-6-13)22-18(24)20-10-14-4-3-9-19-17(14)15-11-21-23(2)12-15/h3-9,11-12H,10H2,1-2H3,(H2,20,22,24). The Bertz CT molecular complexity index is 839.